The number of ether oxygens (including phenoxy) is 3. The summed E-state index contributed by atoms with van der Waals surface area (Å²) in [6, 6.07) is 20.3. The van der Waals surface area contributed by atoms with Gasteiger partial charge in [0.15, 0.2) is 16.3 Å². The van der Waals surface area contributed by atoms with E-state index in [1.807, 2.05) is 66.9 Å². The van der Waals surface area contributed by atoms with Crippen LogP contribution in [0.1, 0.15) is 29.7 Å². The molecule has 0 saturated carbocycles. The number of carbonyl (C=O) groups excluding carboxylic acids is 1. The van der Waals surface area contributed by atoms with Crippen LogP contribution in [0.3, 0.4) is 0 Å². The van der Waals surface area contributed by atoms with Gasteiger partial charge < -0.3 is 14.2 Å². The van der Waals surface area contributed by atoms with Gasteiger partial charge in [0, 0.05) is 10.5 Å². The third-order valence-corrected chi connectivity index (χ3v) is 9.18. The lowest BCUT2D eigenvalue weighted by Crippen LogP contribution is -2.40. The number of fused-ring (bicyclic) bond motifs is 1. The Kier molecular flexibility index (Phi) is 9.75. The number of terminal acetylenes is 1. The molecule has 0 aliphatic carbocycles. The molecule has 3 aromatic carbocycles. The Morgan fingerprint density at radius 3 is 2.58 bits per heavy atom. The number of carbonyl (C=O) groups is 1. The first-order valence-corrected chi connectivity index (χ1v) is 16.4. The van der Waals surface area contributed by atoms with E-state index in [2.05, 4.69) is 28.5 Å². The van der Waals surface area contributed by atoms with Crippen molar-refractivity contribution >= 4 is 63.4 Å². The summed E-state index contributed by atoms with van der Waals surface area (Å²) in [5, 5.41) is 0. The van der Waals surface area contributed by atoms with Crippen LogP contribution < -0.4 is 24.4 Å². The van der Waals surface area contributed by atoms with Crippen LogP contribution in [0.15, 0.2) is 87.0 Å². The topological polar surface area (TPSA) is 79.1 Å². The van der Waals surface area contributed by atoms with Crippen LogP contribution in [0.25, 0.3) is 11.8 Å². The zero-order chi connectivity index (χ0) is 30.5. The van der Waals surface area contributed by atoms with Gasteiger partial charge in [0.1, 0.15) is 6.61 Å². The van der Waals surface area contributed by atoms with E-state index in [0.29, 0.717) is 32.1 Å². The molecular weight excluding hydrogens is 695 g/mol. The van der Waals surface area contributed by atoms with Gasteiger partial charge in [0.2, 0.25) is 0 Å². The minimum atomic E-state index is -0.738. The van der Waals surface area contributed by atoms with Gasteiger partial charge in [-0.1, -0.05) is 59.7 Å². The number of thioether (sulfide) groups is 1. The Morgan fingerprint density at radius 2 is 1.93 bits per heavy atom. The molecule has 218 valence electrons. The van der Waals surface area contributed by atoms with Crippen molar-refractivity contribution in [1.29, 1.82) is 0 Å². The second-order valence-electron chi connectivity index (χ2n) is 9.23. The van der Waals surface area contributed by atoms with Crippen LogP contribution in [0.5, 0.6) is 11.5 Å². The summed E-state index contributed by atoms with van der Waals surface area (Å²) in [5.74, 6) is 2.99. The van der Waals surface area contributed by atoms with Crippen molar-refractivity contribution in [2.24, 2.45) is 4.99 Å². The Hall–Kier alpha value is -3.79. The summed E-state index contributed by atoms with van der Waals surface area (Å²) < 4.78 is 19.6. The molecule has 5 rings (SSSR count). The van der Waals surface area contributed by atoms with E-state index in [-0.39, 0.29) is 18.8 Å². The lowest BCUT2D eigenvalue weighted by Gasteiger charge is -2.26. The predicted molar refractivity (Wildman–Crippen MR) is 179 cm³/mol. The van der Waals surface area contributed by atoms with Gasteiger partial charge >= 0.3 is 5.97 Å². The zero-order valence-electron chi connectivity index (χ0n) is 23.6. The molecule has 4 aromatic rings. The smallest absolute Gasteiger partial charge is 0.338 e. The van der Waals surface area contributed by atoms with E-state index in [1.165, 1.54) is 11.3 Å². The first-order chi connectivity index (χ1) is 20.9. The molecular formula is C33H27IN2O5S2. The van der Waals surface area contributed by atoms with Crippen LogP contribution in [0, 0.1) is 15.9 Å². The molecule has 1 aliphatic heterocycles. The molecule has 0 N–H and O–H groups in total. The molecule has 1 atom stereocenters. The Morgan fingerprint density at radius 1 is 1.19 bits per heavy atom. The van der Waals surface area contributed by atoms with Crippen molar-refractivity contribution < 1.29 is 19.0 Å². The van der Waals surface area contributed by atoms with Gasteiger partial charge in [0.25, 0.3) is 5.56 Å². The summed E-state index contributed by atoms with van der Waals surface area (Å²) >= 11 is 5.03. The van der Waals surface area contributed by atoms with Crippen molar-refractivity contribution in [1.82, 2.24) is 4.57 Å². The van der Waals surface area contributed by atoms with E-state index < -0.39 is 12.0 Å². The number of nitrogens with zero attached hydrogens (tertiary/aromatic N) is 2. The number of benzene rings is 3. The maximum absolute atomic E-state index is 14.2. The molecule has 0 amide bonds. The maximum Gasteiger partial charge on any atom is 0.338 e. The van der Waals surface area contributed by atoms with Crippen molar-refractivity contribution in [3.8, 4) is 23.8 Å². The number of methoxy groups -OCH3 is 1. The van der Waals surface area contributed by atoms with Gasteiger partial charge in [-0.3, -0.25) is 9.36 Å². The molecule has 10 heteroatoms. The third kappa shape index (κ3) is 6.30. The Balaban J connectivity index is 1.77. The number of thiazole rings is 1. The number of aromatic nitrogens is 1. The summed E-state index contributed by atoms with van der Waals surface area (Å²) in [4.78, 5) is 34.2. The normalized spacial score (nSPS) is 14.5. The first kappa shape index (κ1) is 30.7. The van der Waals surface area contributed by atoms with Gasteiger partial charge in [0.05, 0.1) is 39.1 Å². The van der Waals surface area contributed by atoms with Crippen LogP contribution in [-0.4, -0.2) is 37.1 Å². The van der Waals surface area contributed by atoms with E-state index >= 15 is 0 Å². The maximum atomic E-state index is 14.2. The largest absolute Gasteiger partial charge is 0.493 e. The molecule has 1 aromatic heterocycles. The standard InChI is InChI=1S/C33H27IN2O5S2/c1-5-16-41-30-24(34)17-20(18-25(30)39-3)19-26-31(37)36-29(22-12-14-23(42-4)15-13-22)27(32(38)40-6-2)28(35-33(36)43-26)21-10-8-7-9-11-21/h1,7-15,17-19,29H,6,16H2,2-4H3/b26-19-/t29-/m1/s1. The molecule has 7 nitrogen and oxygen atoms in total. The average Bonchev–Trinajstić information content (AvgIpc) is 3.34. The number of hydrogen-bond donors (Lipinski definition) is 0. The number of rotatable bonds is 9. The molecule has 0 radical (unpaired) electrons. The Labute approximate surface area is 271 Å². The first-order valence-electron chi connectivity index (χ1n) is 13.3. The fourth-order valence-electron chi connectivity index (χ4n) is 4.77. The van der Waals surface area contributed by atoms with E-state index in [9.17, 15) is 9.59 Å². The predicted octanol–water partition coefficient (Wildman–Crippen LogP) is 5.28. The van der Waals surface area contributed by atoms with Crippen molar-refractivity contribution in [2.45, 2.75) is 17.9 Å². The fraction of sp³-hybridized carbons (Fsp3) is 0.182. The highest BCUT2D eigenvalue weighted by Crippen LogP contribution is 2.36. The monoisotopic (exact) mass is 722 g/mol. The molecule has 1 aliphatic rings. The number of esters is 1. The number of halogens is 1. The SMILES string of the molecule is C#CCOc1c(I)cc(/C=c2\sc3n(c2=O)[C@H](c2ccc(SC)cc2)C(C(=O)OCC)=C(c2ccccc2)N=3)cc1OC. The highest BCUT2D eigenvalue weighted by Gasteiger charge is 2.35. The van der Waals surface area contributed by atoms with E-state index in [1.54, 1.807) is 42.5 Å². The quantitative estimate of drug-likeness (QED) is 0.101. The zero-order valence-corrected chi connectivity index (χ0v) is 27.4. The molecule has 0 spiro atoms. The summed E-state index contributed by atoms with van der Waals surface area (Å²) in [7, 11) is 1.55. The van der Waals surface area contributed by atoms with Crippen molar-refractivity contribution in [2.75, 3.05) is 26.6 Å². The second-order valence-corrected chi connectivity index (χ2v) is 12.3. The molecule has 0 unspecified atom stereocenters. The van der Waals surface area contributed by atoms with Gasteiger partial charge in [-0.25, -0.2) is 9.79 Å². The minimum Gasteiger partial charge on any atom is -0.493 e. The summed E-state index contributed by atoms with van der Waals surface area (Å²) in [5.41, 5.74) is 2.82. The fourth-order valence-corrected chi connectivity index (χ4v) is 6.96. The van der Waals surface area contributed by atoms with Gasteiger partial charge in [-0.2, -0.15) is 0 Å². The lowest BCUT2D eigenvalue weighted by molar-refractivity contribution is -0.138. The van der Waals surface area contributed by atoms with Crippen molar-refractivity contribution in [3.63, 3.8) is 0 Å². The third-order valence-electron chi connectivity index (χ3n) is 6.65. The minimum absolute atomic E-state index is 0.106. The van der Waals surface area contributed by atoms with Crippen LogP contribution in [0.2, 0.25) is 0 Å². The van der Waals surface area contributed by atoms with E-state index in [0.717, 1.165) is 25.2 Å². The molecule has 2 heterocycles. The van der Waals surface area contributed by atoms with Crippen LogP contribution >= 0.6 is 45.7 Å². The molecule has 0 bridgehead atoms. The number of hydrogen-bond acceptors (Lipinski definition) is 8. The van der Waals surface area contributed by atoms with Crippen molar-refractivity contribution in [3.05, 3.63) is 112 Å². The Bertz CT molecular complexity index is 1920. The average molecular weight is 723 g/mol. The highest BCUT2D eigenvalue weighted by atomic mass is 127. The summed E-state index contributed by atoms with van der Waals surface area (Å²) in [6.07, 6.45) is 9.17. The highest BCUT2D eigenvalue weighted by molar-refractivity contribution is 14.1. The molecule has 0 saturated heterocycles. The second kappa shape index (κ2) is 13.7. The molecule has 0 fully saturated rings. The summed E-state index contributed by atoms with van der Waals surface area (Å²) in [6.45, 7) is 2.06. The van der Waals surface area contributed by atoms with Gasteiger partial charge in [-0.15, -0.1) is 18.2 Å². The van der Waals surface area contributed by atoms with Gasteiger partial charge in [-0.05, 0) is 77.2 Å². The van der Waals surface area contributed by atoms with E-state index in [4.69, 9.17) is 25.6 Å². The van der Waals surface area contributed by atoms with Crippen LogP contribution in [-0.2, 0) is 9.53 Å². The molecule has 43 heavy (non-hydrogen) atoms. The van der Waals surface area contributed by atoms with Crippen LogP contribution in [0.4, 0.5) is 0 Å². The lowest BCUT2D eigenvalue weighted by atomic mass is 9.93.